The number of benzene rings is 1. The van der Waals surface area contributed by atoms with Gasteiger partial charge in [0.2, 0.25) is 0 Å². The topological polar surface area (TPSA) is 12.5 Å². The Morgan fingerprint density at radius 3 is 2.42 bits per heavy atom. The monoisotopic (exact) mass is 265 g/mol. The van der Waals surface area contributed by atoms with Crippen LogP contribution in [0.5, 0.6) is 0 Å². The molecule has 0 amide bonds. The Bertz CT molecular complexity index is 325. The van der Waals surface area contributed by atoms with Gasteiger partial charge < -0.3 is 9.64 Å². The van der Waals surface area contributed by atoms with E-state index in [0.29, 0.717) is 6.10 Å². The number of rotatable bonds is 3. The molecular weight excluding hydrogens is 234 g/mol. The van der Waals surface area contributed by atoms with Crippen molar-refractivity contribution in [1.29, 1.82) is 0 Å². The van der Waals surface area contributed by atoms with E-state index in [4.69, 9.17) is 4.74 Å². The summed E-state index contributed by atoms with van der Waals surface area (Å²) in [7, 11) is 2.15. The lowest BCUT2D eigenvalue weighted by molar-refractivity contribution is 0.0483. The maximum Gasteiger partial charge on any atom is 0.0721 e. The molecule has 1 aromatic carbocycles. The second kappa shape index (κ2) is 11.0. The van der Waals surface area contributed by atoms with Gasteiger partial charge in [0.15, 0.2) is 0 Å². The molecule has 19 heavy (non-hydrogen) atoms. The zero-order chi connectivity index (χ0) is 14.7. The summed E-state index contributed by atoms with van der Waals surface area (Å²) in [6, 6.07) is 8.53. The molecular formula is C17H31NO. The highest BCUT2D eigenvalue weighted by atomic mass is 16.5. The Labute approximate surface area is 119 Å². The molecule has 0 N–H and O–H groups in total. The fourth-order valence-corrected chi connectivity index (χ4v) is 2.05. The highest BCUT2D eigenvalue weighted by molar-refractivity contribution is 5.21. The molecule has 2 heteroatoms. The van der Waals surface area contributed by atoms with Crippen molar-refractivity contribution >= 4 is 0 Å². The van der Waals surface area contributed by atoms with Crippen molar-refractivity contribution in [1.82, 2.24) is 4.90 Å². The molecule has 1 fully saturated rings. The molecule has 0 aromatic heterocycles. The first-order valence-corrected chi connectivity index (χ1v) is 7.60. The molecule has 0 radical (unpaired) electrons. The average Bonchev–Trinajstić information content (AvgIpc) is 2.87. The lowest BCUT2D eigenvalue weighted by atomic mass is 10.1. The number of hydrogen-bond acceptors (Lipinski definition) is 2. The van der Waals surface area contributed by atoms with Gasteiger partial charge in [0.05, 0.1) is 12.7 Å². The van der Waals surface area contributed by atoms with E-state index < -0.39 is 0 Å². The van der Waals surface area contributed by atoms with Gasteiger partial charge in [-0.1, -0.05) is 57.5 Å². The van der Waals surface area contributed by atoms with Crippen LogP contribution in [0.4, 0.5) is 0 Å². The molecule has 0 bridgehead atoms. The van der Waals surface area contributed by atoms with E-state index in [9.17, 15) is 0 Å². The molecule has 1 aliphatic rings. The predicted octanol–water partition coefficient (Wildman–Crippen LogP) is 4.27. The average molecular weight is 265 g/mol. The van der Waals surface area contributed by atoms with E-state index >= 15 is 0 Å². The molecule has 2 nitrogen and oxygen atoms in total. The Morgan fingerprint density at radius 1 is 1.21 bits per heavy atom. The van der Waals surface area contributed by atoms with Crippen molar-refractivity contribution in [3.05, 3.63) is 35.4 Å². The van der Waals surface area contributed by atoms with E-state index in [1.54, 1.807) is 0 Å². The summed E-state index contributed by atoms with van der Waals surface area (Å²) in [4.78, 5) is 2.32. The molecule has 0 spiro atoms. The van der Waals surface area contributed by atoms with Crippen LogP contribution in [0, 0.1) is 6.92 Å². The Hall–Kier alpha value is -0.860. The van der Waals surface area contributed by atoms with Crippen LogP contribution in [0.15, 0.2) is 24.3 Å². The lowest BCUT2D eigenvalue weighted by Gasteiger charge is -2.12. The van der Waals surface area contributed by atoms with Gasteiger partial charge in [-0.15, -0.1) is 0 Å². The summed E-state index contributed by atoms with van der Waals surface area (Å²) in [6.07, 6.45) is 1.60. The zero-order valence-electron chi connectivity index (χ0n) is 13.6. The molecule has 1 atom stereocenters. The second-order valence-electron chi connectivity index (χ2n) is 4.47. The van der Waals surface area contributed by atoms with Crippen LogP contribution in [0.1, 0.15) is 45.2 Å². The predicted molar refractivity (Wildman–Crippen MR) is 84.6 cm³/mol. The first-order chi connectivity index (χ1) is 9.24. The van der Waals surface area contributed by atoms with Crippen LogP contribution >= 0.6 is 0 Å². The summed E-state index contributed by atoms with van der Waals surface area (Å²) < 4.78 is 5.87. The summed E-state index contributed by atoms with van der Waals surface area (Å²) in [5, 5.41) is 0. The third-order valence-electron chi connectivity index (χ3n) is 2.92. The molecule has 1 aromatic rings. The maximum absolute atomic E-state index is 5.87. The zero-order valence-corrected chi connectivity index (χ0v) is 13.6. The molecule has 1 aliphatic heterocycles. The summed E-state index contributed by atoms with van der Waals surface area (Å²) in [5.41, 5.74) is 2.59. The summed E-state index contributed by atoms with van der Waals surface area (Å²) in [5.74, 6) is 0. The minimum absolute atomic E-state index is 0.426. The van der Waals surface area contributed by atoms with Gasteiger partial charge in [-0.25, -0.2) is 0 Å². The van der Waals surface area contributed by atoms with Crippen molar-refractivity contribution in [2.75, 3.05) is 20.1 Å². The molecule has 1 unspecified atom stereocenters. The van der Waals surface area contributed by atoms with Crippen LogP contribution in [-0.2, 0) is 11.3 Å². The lowest BCUT2D eigenvalue weighted by Crippen LogP contribution is -2.18. The number of ether oxygens (including phenoxy) is 1. The Balaban J connectivity index is 0.000000741. The van der Waals surface area contributed by atoms with Crippen molar-refractivity contribution in [2.24, 2.45) is 0 Å². The minimum atomic E-state index is 0.426. The standard InChI is InChI=1S/C13H19NO.2C2H6/c1-11-4-3-5-12(8-11)10-15-13-6-7-14(2)9-13;2*1-2/h3-5,8,13H,6-7,9-10H2,1-2H3;2*1-2H3. The van der Waals surface area contributed by atoms with Gasteiger partial charge in [0.25, 0.3) is 0 Å². The third-order valence-corrected chi connectivity index (χ3v) is 2.92. The SMILES string of the molecule is CC.CC.Cc1cccc(COC2CCN(C)C2)c1. The molecule has 1 saturated heterocycles. The van der Waals surface area contributed by atoms with Crippen molar-refractivity contribution < 1.29 is 4.74 Å². The van der Waals surface area contributed by atoms with E-state index in [2.05, 4.69) is 43.1 Å². The maximum atomic E-state index is 5.87. The number of likely N-dealkylation sites (N-methyl/N-ethyl adjacent to an activating group) is 1. The van der Waals surface area contributed by atoms with E-state index in [0.717, 1.165) is 13.2 Å². The van der Waals surface area contributed by atoms with Gasteiger partial charge in [-0.3, -0.25) is 0 Å². The fourth-order valence-electron chi connectivity index (χ4n) is 2.05. The van der Waals surface area contributed by atoms with E-state index in [-0.39, 0.29) is 0 Å². The first-order valence-electron chi connectivity index (χ1n) is 7.60. The molecule has 110 valence electrons. The van der Waals surface area contributed by atoms with Crippen molar-refractivity contribution in [2.45, 2.75) is 53.8 Å². The van der Waals surface area contributed by atoms with E-state index in [1.807, 2.05) is 27.7 Å². The Kier molecular flexibility index (Phi) is 10.5. The third kappa shape index (κ3) is 7.34. The molecule has 2 rings (SSSR count). The second-order valence-corrected chi connectivity index (χ2v) is 4.47. The summed E-state index contributed by atoms with van der Waals surface area (Å²) in [6.45, 7) is 13.1. The van der Waals surface area contributed by atoms with Gasteiger partial charge in [0, 0.05) is 13.1 Å². The molecule has 0 aliphatic carbocycles. The molecule has 1 heterocycles. The summed E-state index contributed by atoms with van der Waals surface area (Å²) >= 11 is 0. The molecule has 0 saturated carbocycles. The largest absolute Gasteiger partial charge is 0.372 e. The normalized spacial score (nSPS) is 18.1. The first kappa shape index (κ1) is 18.1. The smallest absolute Gasteiger partial charge is 0.0721 e. The number of hydrogen-bond donors (Lipinski definition) is 0. The minimum Gasteiger partial charge on any atom is -0.372 e. The Morgan fingerprint density at radius 2 is 1.89 bits per heavy atom. The highest BCUT2D eigenvalue weighted by Crippen LogP contribution is 2.13. The van der Waals surface area contributed by atoms with Crippen molar-refractivity contribution in [3.8, 4) is 0 Å². The van der Waals surface area contributed by atoms with E-state index in [1.165, 1.54) is 24.1 Å². The van der Waals surface area contributed by atoms with Crippen LogP contribution in [-0.4, -0.2) is 31.1 Å². The van der Waals surface area contributed by atoms with Gasteiger partial charge in [0.1, 0.15) is 0 Å². The fraction of sp³-hybridized carbons (Fsp3) is 0.647. The van der Waals surface area contributed by atoms with Crippen LogP contribution in [0.3, 0.4) is 0 Å². The quantitative estimate of drug-likeness (QED) is 0.809. The highest BCUT2D eigenvalue weighted by Gasteiger charge is 2.19. The van der Waals surface area contributed by atoms with Crippen LogP contribution < -0.4 is 0 Å². The number of likely N-dealkylation sites (tertiary alicyclic amines) is 1. The van der Waals surface area contributed by atoms with Crippen molar-refractivity contribution in [3.63, 3.8) is 0 Å². The number of nitrogens with zero attached hydrogens (tertiary/aromatic N) is 1. The van der Waals surface area contributed by atoms with Gasteiger partial charge in [-0.05, 0) is 26.0 Å². The van der Waals surface area contributed by atoms with Gasteiger partial charge >= 0.3 is 0 Å². The van der Waals surface area contributed by atoms with Crippen LogP contribution in [0.2, 0.25) is 0 Å². The van der Waals surface area contributed by atoms with Gasteiger partial charge in [-0.2, -0.15) is 0 Å². The number of aryl methyl sites for hydroxylation is 1. The van der Waals surface area contributed by atoms with Crippen LogP contribution in [0.25, 0.3) is 0 Å².